The van der Waals surface area contributed by atoms with Crippen molar-refractivity contribution in [2.75, 3.05) is 11.9 Å². The molecule has 1 aromatic carbocycles. The van der Waals surface area contributed by atoms with Crippen molar-refractivity contribution in [3.63, 3.8) is 0 Å². The highest BCUT2D eigenvalue weighted by molar-refractivity contribution is 9.10. The first-order chi connectivity index (χ1) is 8.24. The number of nitrogens with one attached hydrogen (secondary N) is 1. The van der Waals surface area contributed by atoms with Crippen LogP contribution >= 0.6 is 15.9 Å². The molecule has 0 saturated heterocycles. The van der Waals surface area contributed by atoms with E-state index in [1.807, 2.05) is 25.1 Å². The third-order valence-corrected chi connectivity index (χ3v) is 3.25. The Balaban J connectivity index is 2.53. The van der Waals surface area contributed by atoms with E-state index in [4.69, 9.17) is 0 Å². The molecule has 1 aromatic heterocycles. The fourth-order valence-electron chi connectivity index (χ4n) is 1.72. The summed E-state index contributed by atoms with van der Waals surface area (Å²) in [5.74, 6) is 0.897. The summed E-state index contributed by atoms with van der Waals surface area (Å²) in [5.41, 5.74) is 3.12. The Morgan fingerprint density at radius 2 is 2.00 bits per heavy atom. The number of anilines is 1. The van der Waals surface area contributed by atoms with Gasteiger partial charge in [-0.3, -0.25) is 0 Å². The largest absolute Gasteiger partial charge is 0.370 e. The number of aromatic nitrogens is 2. The average molecular weight is 292 g/mol. The average Bonchev–Trinajstić information content (AvgIpc) is 2.33. The second-order valence-corrected chi connectivity index (χ2v) is 4.56. The fraction of sp³-hybridized carbons (Fsp3) is 0.231. The van der Waals surface area contributed by atoms with E-state index in [9.17, 15) is 0 Å². The van der Waals surface area contributed by atoms with Gasteiger partial charge in [0, 0.05) is 22.1 Å². The molecule has 0 atom stereocenters. The third-order valence-electron chi connectivity index (χ3n) is 2.56. The molecule has 0 radical (unpaired) electrons. The lowest BCUT2D eigenvalue weighted by atomic mass is 10.1. The molecular weight excluding hydrogens is 278 g/mol. The van der Waals surface area contributed by atoms with Crippen molar-refractivity contribution in [1.82, 2.24) is 9.97 Å². The van der Waals surface area contributed by atoms with E-state index in [-0.39, 0.29) is 0 Å². The van der Waals surface area contributed by atoms with E-state index < -0.39 is 0 Å². The lowest BCUT2D eigenvalue weighted by molar-refractivity contribution is 1.09. The molecule has 0 fully saturated rings. The highest BCUT2D eigenvalue weighted by Gasteiger charge is 2.10. The van der Waals surface area contributed by atoms with Crippen LogP contribution in [0.25, 0.3) is 11.3 Å². The fourth-order valence-corrected chi connectivity index (χ4v) is 2.19. The van der Waals surface area contributed by atoms with Crippen molar-refractivity contribution in [3.05, 3.63) is 40.6 Å². The van der Waals surface area contributed by atoms with Gasteiger partial charge in [-0.05, 0) is 19.9 Å². The Kier molecular flexibility index (Phi) is 3.74. The second kappa shape index (κ2) is 5.27. The number of benzene rings is 1. The van der Waals surface area contributed by atoms with Gasteiger partial charge in [0.2, 0.25) is 0 Å². The highest BCUT2D eigenvalue weighted by atomic mass is 79.9. The Bertz CT molecular complexity index is 526. The van der Waals surface area contributed by atoms with Crippen LogP contribution in [0.3, 0.4) is 0 Å². The van der Waals surface area contributed by atoms with Crippen LogP contribution in [0.5, 0.6) is 0 Å². The molecule has 1 N–H and O–H groups in total. The van der Waals surface area contributed by atoms with Crippen LogP contribution in [0.4, 0.5) is 5.82 Å². The third kappa shape index (κ3) is 2.47. The SMILES string of the molecule is CCNc1ncnc(-c2ccccc2Br)c1C. The molecule has 0 unspecified atom stereocenters. The molecule has 0 aliphatic rings. The number of nitrogens with zero attached hydrogens (tertiary/aromatic N) is 2. The first kappa shape index (κ1) is 12.0. The van der Waals surface area contributed by atoms with Gasteiger partial charge in [-0.25, -0.2) is 9.97 Å². The van der Waals surface area contributed by atoms with Gasteiger partial charge in [0.15, 0.2) is 0 Å². The molecule has 0 spiro atoms. The van der Waals surface area contributed by atoms with Gasteiger partial charge in [0.05, 0.1) is 5.69 Å². The van der Waals surface area contributed by atoms with Crippen molar-refractivity contribution >= 4 is 21.7 Å². The monoisotopic (exact) mass is 291 g/mol. The first-order valence-electron chi connectivity index (χ1n) is 5.54. The number of hydrogen-bond acceptors (Lipinski definition) is 3. The molecule has 2 rings (SSSR count). The zero-order valence-corrected chi connectivity index (χ0v) is 11.5. The molecular formula is C13H14BrN3. The van der Waals surface area contributed by atoms with Crippen molar-refractivity contribution in [2.45, 2.75) is 13.8 Å². The Morgan fingerprint density at radius 3 is 2.71 bits per heavy atom. The summed E-state index contributed by atoms with van der Waals surface area (Å²) >= 11 is 3.55. The molecule has 17 heavy (non-hydrogen) atoms. The van der Waals surface area contributed by atoms with E-state index in [1.54, 1.807) is 6.33 Å². The topological polar surface area (TPSA) is 37.8 Å². The molecule has 1 heterocycles. The number of hydrogen-bond donors (Lipinski definition) is 1. The second-order valence-electron chi connectivity index (χ2n) is 3.71. The van der Waals surface area contributed by atoms with Crippen molar-refractivity contribution in [1.29, 1.82) is 0 Å². The maximum absolute atomic E-state index is 4.37. The Hall–Kier alpha value is -1.42. The predicted octanol–water partition coefficient (Wildman–Crippen LogP) is 3.65. The minimum atomic E-state index is 0.854. The zero-order chi connectivity index (χ0) is 12.3. The lowest BCUT2D eigenvalue weighted by Gasteiger charge is -2.11. The Labute approximate surface area is 109 Å². The van der Waals surface area contributed by atoms with Crippen molar-refractivity contribution in [3.8, 4) is 11.3 Å². The van der Waals surface area contributed by atoms with Gasteiger partial charge >= 0.3 is 0 Å². The molecule has 3 nitrogen and oxygen atoms in total. The van der Waals surface area contributed by atoms with Crippen molar-refractivity contribution < 1.29 is 0 Å². The maximum Gasteiger partial charge on any atom is 0.132 e. The van der Waals surface area contributed by atoms with Gasteiger partial charge in [-0.1, -0.05) is 34.1 Å². The summed E-state index contributed by atoms with van der Waals surface area (Å²) < 4.78 is 1.05. The van der Waals surface area contributed by atoms with Gasteiger partial charge in [-0.2, -0.15) is 0 Å². The molecule has 88 valence electrons. The molecule has 0 bridgehead atoms. The smallest absolute Gasteiger partial charge is 0.132 e. The van der Waals surface area contributed by atoms with Crippen LogP contribution in [0.2, 0.25) is 0 Å². The van der Waals surface area contributed by atoms with Crippen LogP contribution in [0.15, 0.2) is 35.1 Å². The summed E-state index contributed by atoms with van der Waals surface area (Å²) in [4.78, 5) is 8.62. The van der Waals surface area contributed by atoms with Gasteiger partial charge in [-0.15, -0.1) is 0 Å². The van der Waals surface area contributed by atoms with Crippen LogP contribution in [-0.2, 0) is 0 Å². The standard InChI is InChI=1S/C13H14BrN3/c1-3-15-13-9(2)12(16-8-17-13)10-6-4-5-7-11(10)14/h4-8H,3H2,1-2H3,(H,15,16,17). The van der Waals surface area contributed by atoms with Gasteiger partial charge < -0.3 is 5.32 Å². The number of halogens is 1. The quantitative estimate of drug-likeness (QED) is 0.938. The maximum atomic E-state index is 4.37. The summed E-state index contributed by atoms with van der Waals surface area (Å²) in [6.45, 7) is 4.94. The summed E-state index contributed by atoms with van der Waals surface area (Å²) in [5, 5.41) is 3.24. The number of rotatable bonds is 3. The van der Waals surface area contributed by atoms with E-state index in [1.165, 1.54) is 0 Å². The van der Waals surface area contributed by atoms with E-state index in [0.717, 1.165) is 33.7 Å². The zero-order valence-electron chi connectivity index (χ0n) is 9.87. The van der Waals surface area contributed by atoms with Gasteiger partial charge in [0.1, 0.15) is 12.1 Å². The van der Waals surface area contributed by atoms with Crippen LogP contribution < -0.4 is 5.32 Å². The molecule has 2 aromatic rings. The minimum Gasteiger partial charge on any atom is -0.370 e. The van der Waals surface area contributed by atoms with Crippen LogP contribution in [0, 0.1) is 6.92 Å². The molecule has 0 aliphatic heterocycles. The Morgan fingerprint density at radius 1 is 1.24 bits per heavy atom. The molecule has 0 amide bonds. The molecule has 0 saturated carbocycles. The summed E-state index contributed by atoms with van der Waals surface area (Å²) in [7, 11) is 0. The van der Waals surface area contributed by atoms with E-state index >= 15 is 0 Å². The van der Waals surface area contributed by atoms with Crippen LogP contribution in [0.1, 0.15) is 12.5 Å². The minimum absolute atomic E-state index is 0.854. The van der Waals surface area contributed by atoms with E-state index in [2.05, 4.69) is 44.2 Å². The first-order valence-corrected chi connectivity index (χ1v) is 6.33. The van der Waals surface area contributed by atoms with Crippen LogP contribution in [-0.4, -0.2) is 16.5 Å². The molecule has 4 heteroatoms. The molecule has 0 aliphatic carbocycles. The van der Waals surface area contributed by atoms with Gasteiger partial charge in [0.25, 0.3) is 0 Å². The predicted molar refractivity (Wildman–Crippen MR) is 74.1 cm³/mol. The lowest BCUT2D eigenvalue weighted by Crippen LogP contribution is -2.03. The van der Waals surface area contributed by atoms with Crippen molar-refractivity contribution in [2.24, 2.45) is 0 Å². The summed E-state index contributed by atoms with van der Waals surface area (Å²) in [6, 6.07) is 8.07. The normalized spacial score (nSPS) is 10.3. The highest BCUT2D eigenvalue weighted by Crippen LogP contribution is 2.30. The van der Waals surface area contributed by atoms with E-state index in [0.29, 0.717) is 0 Å². The summed E-state index contributed by atoms with van der Waals surface area (Å²) in [6.07, 6.45) is 1.60.